The molecule has 0 spiro atoms. The summed E-state index contributed by atoms with van der Waals surface area (Å²) in [7, 11) is 0. The Balaban J connectivity index is 1.45. The van der Waals surface area contributed by atoms with Gasteiger partial charge in [-0.25, -0.2) is 9.69 Å². The number of aryl methyl sites for hydroxylation is 1. The van der Waals surface area contributed by atoms with Gasteiger partial charge in [0.1, 0.15) is 23.7 Å². The predicted octanol–water partition coefficient (Wildman–Crippen LogP) is 6.94. The van der Waals surface area contributed by atoms with Gasteiger partial charge in [0.25, 0.3) is 11.8 Å². The number of hydrogen-bond donors (Lipinski definition) is 1. The van der Waals surface area contributed by atoms with Crippen molar-refractivity contribution >= 4 is 56.3 Å². The molecule has 1 fully saturated rings. The first-order chi connectivity index (χ1) is 19.4. The number of rotatable bonds is 8. The normalized spacial score (nSPS) is 14.5. The highest BCUT2D eigenvalue weighted by Crippen LogP contribution is 2.30. The van der Waals surface area contributed by atoms with E-state index in [-0.39, 0.29) is 5.57 Å². The lowest BCUT2D eigenvalue weighted by Gasteiger charge is -2.26. The van der Waals surface area contributed by atoms with Crippen LogP contribution in [0.2, 0.25) is 0 Å². The molecule has 0 atom stereocenters. The highest BCUT2D eigenvalue weighted by atomic mass is 79.9. The van der Waals surface area contributed by atoms with Crippen LogP contribution >= 0.6 is 15.9 Å². The lowest BCUT2D eigenvalue weighted by Crippen LogP contribution is -2.54. The summed E-state index contributed by atoms with van der Waals surface area (Å²) in [5.41, 5.74) is 2.80. The van der Waals surface area contributed by atoms with Crippen LogP contribution < -0.4 is 19.7 Å². The third-order valence-corrected chi connectivity index (χ3v) is 7.08. The van der Waals surface area contributed by atoms with E-state index in [0.29, 0.717) is 36.0 Å². The van der Waals surface area contributed by atoms with Gasteiger partial charge in [-0.2, -0.15) is 0 Å². The van der Waals surface area contributed by atoms with E-state index in [9.17, 15) is 14.4 Å². The molecule has 4 aromatic rings. The summed E-state index contributed by atoms with van der Waals surface area (Å²) in [5.74, 6) is -0.388. The standard InChI is InChI=1S/C32H27BrN2O5/c1-3-16-39-25-13-11-24(12-14-25)35-31(37)27(30(36)34-32(35)38)18-22-17-23(33)10-15-29(22)40-19-28-20(2)8-9-21-6-4-5-7-26(21)28/h4-15,17-18H,3,16,19H2,1-2H3,(H,34,36,38)/b27-18-. The quantitative estimate of drug-likeness (QED) is 0.175. The van der Waals surface area contributed by atoms with Crippen LogP contribution in [-0.4, -0.2) is 24.5 Å². The minimum atomic E-state index is -0.813. The summed E-state index contributed by atoms with van der Waals surface area (Å²) in [6.45, 7) is 4.89. The van der Waals surface area contributed by atoms with E-state index < -0.39 is 17.8 Å². The van der Waals surface area contributed by atoms with Crippen LogP contribution in [0.25, 0.3) is 16.8 Å². The fourth-order valence-electron chi connectivity index (χ4n) is 4.51. The molecule has 7 nitrogen and oxygen atoms in total. The first-order valence-electron chi connectivity index (χ1n) is 12.9. The van der Waals surface area contributed by atoms with Gasteiger partial charge in [0.15, 0.2) is 0 Å². The second-order valence-electron chi connectivity index (χ2n) is 9.35. The van der Waals surface area contributed by atoms with Gasteiger partial charge in [0.05, 0.1) is 12.3 Å². The number of imide groups is 2. The van der Waals surface area contributed by atoms with E-state index in [1.807, 2.05) is 32.0 Å². The number of benzene rings is 4. The molecule has 0 aromatic heterocycles. The van der Waals surface area contributed by atoms with Crippen LogP contribution in [0.15, 0.2) is 88.9 Å². The molecule has 202 valence electrons. The van der Waals surface area contributed by atoms with Crippen molar-refractivity contribution in [2.45, 2.75) is 26.9 Å². The second kappa shape index (κ2) is 11.8. The zero-order valence-electron chi connectivity index (χ0n) is 22.1. The first kappa shape index (κ1) is 27.1. The summed E-state index contributed by atoms with van der Waals surface area (Å²) in [6.07, 6.45) is 2.31. The smallest absolute Gasteiger partial charge is 0.335 e. The molecule has 1 aliphatic rings. The number of nitrogens with one attached hydrogen (secondary N) is 1. The Morgan fingerprint density at radius 3 is 2.48 bits per heavy atom. The van der Waals surface area contributed by atoms with E-state index >= 15 is 0 Å². The van der Waals surface area contributed by atoms with Crippen molar-refractivity contribution in [1.82, 2.24) is 5.32 Å². The molecule has 5 rings (SSSR count). The van der Waals surface area contributed by atoms with Crippen LogP contribution in [0.4, 0.5) is 10.5 Å². The molecule has 4 amide bonds. The van der Waals surface area contributed by atoms with Crippen LogP contribution in [0.3, 0.4) is 0 Å². The van der Waals surface area contributed by atoms with Gasteiger partial charge in [0.2, 0.25) is 0 Å². The number of amides is 4. The number of anilines is 1. The van der Waals surface area contributed by atoms with Crippen molar-refractivity contribution in [2.75, 3.05) is 11.5 Å². The minimum absolute atomic E-state index is 0.185. The van der Waals surface area contributed by atoms with E-state index in [1.165, 1.54) is 6.08 Å². The highest BCUT2D eigenvalue weighted by Gasteiger charge is 2.37. The largest absolute Gasteiger partial charge is 0.494 e. The molecule has 40 heavy (non-hydrogen) atoms. The maximum Gasteiger partial charge on any atom is 0.335 e. The van der Waals surface area contributed by atoms with Crippen LogP contribution in [-0.2, 0) is 16.2 Å². The van der Waals surface area contributed by atoms with Crippen molar-refractivity contribution in [1.29, 1.82) is 0 Å². The first-order valence-corrected chi connectivity index (χ1v) is 13.7. The lowest BCUT2D eigenvalue weighted by atomic mass is 10.0. The Hall–Kier alpha value is -4.43. The molecule has 1 saturated heterocycles. The Labute approximate surface area is 240 Å². The average Bonchev–Trinajstić information content (AvgIpc) is 2.95. The molecule has 0 unspecified atom stereocenters. The van der Waals surface area contributed by atoms with Crippen molar-refractivity contribution in [2.24, 2.45) is 0 Å². The Kier molecular flexibility index (Phi) is 7.98. The van der Waals surface area contributed by atoms with Gasteiger partial charge < -0.3 is 9.47 Å². The Morgan fingerprint density at radius 1 is 0.925 bits per heavy atom. The minimum Gasteiger partial charge on any atom is -0.494 e. The summed E-state index contributed by atoms with van der Waals surface area (Å²) < 4.78 is 12.6. The number of carbonyl (C=O) groups is 3. The molecule has 0 aliphatic carbocycles. The number of nitrogens with zero attached hydrogens (tertiary/aromatic N) is 1. The fraction of sp³-hybridized carbons (Fsp3) is 0.156. The van der Waals surface area contributed by atoms with E-state index in [4.69, 9.17) is 9.47 Å². The number of urea groups is 1. The molecular formula is C32H27BrN2O5. The maximum absolute atomic E-state index is 13.5. The molecular weight excluding hydrogens is 572 g/mol. The number of ether oxygens (including phenoxy) is 2. The van der Waals surface area contributed by atoms with Crippen molar-refractivity contribution in [3.63, 3.8) is 0 Å². The lowest BCUT2D eigenvalue weighted by molar-refractivity contribution is -0.122. The van der Waals surface area contributed by atoms with Crippen molar-refractivity contribution in [3.05, 3.63) is 106 Å². The molecule has 0 radical (unpaired) electrons. The fourth-order valence-corrected chi connectivity index (χ4v) is 4.89. The third-order valence-electron chi connectivity index (χ3n) is 6.59. The van der Waals surface area contributed by atoms with Crippen LogP contribution in [0.1, 0.15) is 30.0 Å². The maximum atomic E-state index is 13.5. The average molecular weight is 599 g/mol. The number of hydrogen-bond acceptors (Lipinski definition) is 5. The summed E-state index contributed by atoms with van der Waals surface area (Å²) in [4.78, 5) is 39.9. The summed E-state index contributed by atoms with van der Waals surface area (Å²) >= 11 is 3.47. The highest BCUT2D eigenvalue weighted by molar-refractivity contribution is 9.10. The molecule has 1 heterocycles. The predicted molar refractivity (Wildman–Crippen MR) is 158 cm³/mol. The third kappa shape index (κ3) is 5.62. The van der Waals surface area contributed by atoms with Crippen LogP contribution in [0, 0.1) is 6.92 Å². The van der Waals surface area contributed by atoms with Crippen molar-refractivity contribution < 1.29 is 23.9 Å². The molecule has 0 saturated carbocycles. The summed E-state index contributed by atoms with van der Waals surface area (Å²) in [5, 5.41) is 4.49. The number of barbiturate groups is 1. The van der Waals surface area contributed by atoms with E-state index in [0.717, 1.165) is 37.7 Å². The van der Waals surface area contributed by atoms with Crippen LogP contribution in [0.5, 0.6) is 11.5 Å². The Bertz CT molecular complexity index is 1650. The molecule has 0 bridgehead atoms. The number of carbonyl (C=O) groups excluding carboxylic acids is 3. The molecule has 1 N–H and O–H groups in total. The van der Waals surface area contributed by atoms with Crippen molar-refractivity contribution in [3.8, 4) is 11.5 Å². The Morgan fingerprint density at radius 2 is 1.70 bits per heavy atom. The van der Waals surface area contributed by atoms with Gasteiger partial charge in [-0.3, -0.25) is 14.9 Å². The number of fused-ring (bicyclic) bond motifs is 1. The van der Waals surface area contributed by atoms with Gasteiger partial charge in [-0.05, 0) is 78.2 Å². The zero-order valence-corrected chi connectivity index (χ0v) is 23.7. The second-order valence-corrected chi connectivity index (χ2v) is 10.3. The van der Waals surface area contributed by atoms with Gasteiger partial charge in [-0.15, -0.1) is 0 Å². The molecule has 1 aliphatic heterocycles. The van der Waals surface area contributed by atoms with Gasteiger partial charge >= 0.3 is 6.03 Å². The van der Waals surface area contributed by atoms with E-state index in [2.05, 4.69) is 45.5 Å². The summed E-state index contributed by atoms with van der Waals surface area (Å²) in [6, 6.07) is 23.4. The van der Waals surface area contributed by atoms with E-state index in [1.54, 1.807) is 36.4 Å². The van der Waals surface area contributed by atoms with Gasteiger partial charge in [0, 0.05) is 15.6 Å². The molecule has 8 heteroatoms. The van der Waals surface area contributed by atoms with Gasteiger partial charge in [-0.1, -0.05) is 59.3 Å². The topological polar surface area (TPSA) is 84.9 Å². The molecule has 4 aromatic carbocycles. The SMILES string of the molecule is CCCOc1ccc(N2C(=O)NC(=O)/C(=C/c3cc(Br)ccc3OCc3c(C)ccc4ccccc34)C2=O)cc1. The monoisotopic (exact) mass is 598 g/mol. The zero-order chi connectivity index (χ0) is 28.2. The number of halogens is 1.